The molecule has 71 valence electrons. The van der Waals surface area contributed by atoms with Crippen molar-refractivity contribution in [3.63, 3.8) is 0 Å². The van der Waals surface area contributed by atoms with Gasteiger partial charge in [0.2, 0.25) is 0 Å². The van der Waals surface area contributed by atoms with Crippen LogP contribution in [0, 0.1) is 6.07 Å². The van der Waals surface area contributed by atoms with Gasteiger partial charge in [-0.15, -0.1) is 0 Å². The Balaban J connectivity index is 2.43. The lowest BCUT2D eigenvalue weighted by Crippen LogP contribution is -2.27. The van der Waals surface area contributed by atoms with Crippen LogP contribution in [0.25, 0.3) is 0 Å². The Morgan fingerprint density at radius 3 is 2.50 bits per heavy atom. The second-order valence-electron chi connectivity index (χ2n) is 3.81. The largest absolute Gasteiger partial charge is 0.262 e. The second-order valence-corrected chi connectivity index (χ2v) is 3.81. The second kappa shape index (κ2) is 3.29. The van der Waals surface area contributed by atoms with Gasteiger partial charge in [-0.3, -0.25) is 4.68 Å². The SMILES string of the molecule is CC(C)(c1ccccc1)n1c[c]cn1. The first kappa shape index (κ1) is 9.00. The van der Waals surface area contributed by atoms with Crippen LogP contribution in [0.15, 0.2) is 42.7 Å². The third-order valence-corrected chi connectivity index (χ3v) is 2.51. The van der Waals surface area contributed by atoms with Crippen molar-refractivity contribution in [1.82, 2.24) is 9.78 Å². The molecular formula is C12H13N2. The predicted octanol–water partition coefficient (Wildman–Crippen LogP) is 2.47. The smallest absolute Gasteiger partial charge is 0.0820 e. The van der Waals surface area contributed by atoms with E-state index in [1.165, 1.54) is 5.56 Å². The van der Waals surface area contributed by atoms with Crippen LogP contribution in [-0.2, 0) is 5.54 Å². The van der Waals surface area contributed by atoms with Crippen LogP contribution >= 0.6 is 0 Å². The van der Waals surface area contributed by atoms with Crippen molar-refractivity contribution in [2.75, 3.05) is 0 Å². The minimum Gasteiger partial charge on any atom is -0.262 e. The fourth-order valence-electron chi connectivity index (χ4n) is 1.52. The van der Waals surface area contributed by atoms with E-state index in [1.807, 2.05) is 29.1 Å². The van der Waals surface area contributed by atoms with Gasteiger partial charge in [0.25, 0.3) is 0 Å². The highest BCUT2D eigenvalue weighted by Crippen LogP contribution is 2.23. The first-order valence-corrected chi connectivity index (χ1v) is 4.68. The van der Waals surface area contributed by atoms with Crippen molar-refractivity contribution in [3.8, 4) is 0 Å². The molecule has 2 nitrogen and oxygen atoms in total. The van der Waals surface area contributed by atoms with Crippen LogP contribution in [-0.4, -0.2) is 9.78 Å². The van der Waals surface area contributed by atoms with E-state index >= 15 is 0 Å². The van der Waals surface area contributed by atoms with E-state index in [1.54, 1.807) is 6.20 Å². The lowest BCUT2D eigenvalue weighted by Gasteiger charge is -2.25. The van der Waals surface area contributed by atoms with Crippen molar-refractivity contribution >= 4 is 0 Å². The molecule has 0 N–H and O–H groups in total. The summed E-state index contributed by atoms with van der Waals surface area (Å²) in [6.45, 7) is 4.28. The average molecular weight is 185 g/mol. The molecule has 0 fully saturated rings. The Hall–Kier alpha value is -1.57. The molecule has 14 heavy (non-hydrogen) atoms. The quantitative estimate of drug-likeness (QED) is 0.702. The molecule has 0 bridgehead atoms. The molecule has 1 radical (unpaired) electrons. The van der Waals surface area contributed by atoms with E-state index in [4.69, 9.17) is 0 Å². The summed E-state index contributed by atoms with van der Waals surface area (Å²) in [5.74, 6) is 0. The minimum atomic E-state index is -0.110. The number of hydrogen-bond acceptors (Lipinski definition) is 1. The molecule has 0 saturated carbocycles. The maximum absolute atomic E-state index is 4.23. The molecule has 1 aromatic heterocycles. The van der Waals surface area contributed by atoms with Crippen molar-refractivity contribution in [1.29, 1.82) is 0 Å². The monoisotopic (exact) mass is 185 g/mol. The van der Waals surface area contributed by atoms with Gasteiger partial charge in [-0.2, -0.15) is 5.10 Å². The molecule has 0 aliphatic rings. The van der Waals surface area contributed by atoms with Gasteiger partial charge in [-0.25, -0.2) is 0 Å². The van der Waals surface area contributed by atoms with Crippen LogP contribution in [0.4, 0.5) is 0 Å². The summed E-state index contributed by atoms with van der Waals surface area (Å²) in [6, 6.07) is 13.3. The van der Waals surface area contributed by atoms with Gasteiger partial charge in [-0.05, 0) is 19.4 Å². The Labute approximate surface area is 84.2 Å². The normalized spacial score (nSPS) is 11.6. The van der Waals surface area contributed by atoms with E-state index in [0.717, 1.165) is 0 Å². The minimum absolute atomic E-state index is 0.110. The zero-order valence-corrected chi connectivity index (χ0v) is 8.44. The highest BCUT2D eigenvalue weighted by molar-refractivity contribution is 5.23. The summed E-state index contributed by atoms with van der Waals surface area (Å²) in [4.78, 5) is 0. The van der Waals surface area contributed by atoms with E-state index in [0.29, 0.717) is 0 Å². The number of benzene rings is 1. The van der Waals surface area contributed by atoms with Gasteiger partial charge in [-0.1, -0.05) is 30.3 Å². The molecule has 0 atom stereocenters. The maximum Gasteiger partial charge on any atom is 0.0820 e. The summed E-state index contributed by atoms with van der Waals surface area (Å²) in [5, 5.41) is 4.23. The van der Waals surface area contributed by atoms with Crippen molar-refractivity contribution in [2.45, 2.75) is 19.4 Å². The number of nitrogens with zero attached hydrogens (tertiary/aromatic N) is 2. The lowest BCUT2D eigenvalue weighted by molar-refractivity contribution is 0.390. The predicted molar refractivity (Wildman–Crippen MR) is 55.9 cm³/mol. The van der Waals surface area contributed by atoms with Gasteiger partial charge >= 0.3 is 0 Å². The first-order chi connectivity index (χ1) is 6.71. The van der Waals surface area contributed by atoms with E-state index in [-0.39, 0.29) is 5.54 Å². The average Bonchev–Trinajstić information content (AvgIpc) is 2.72. The maximum atomic E-state index is 4.23. The van der Waals surface area contributed by atoms with Gasteiger partial charge in [0.15, 0.2) is 0 Å². The van der Waals surface area contributed by atoms with Crippen LogP contribution in [0.2, 0.25) is 0 Å². The van der Waals surface area contributed by atoms with Crippen molar-refractivity contribution in [3.05, 3.63) is 54.4 Å². The highest BCUT2D eigenvalue weighted by Gasteiger charge is 2.22. The van der Waals surface area contributed by atoms with Crippen LogP contribution < -0.4 is 0 Å². The third-order valence-electron chi connectivity index (χ3n) is 2.51. The fourth-order valence-corrected chi connectivity index (χ4v) is 1.52. The highest BCUT2D eigenvalue weighted by atomic mass is 15.3. The Morgan fingerprint density at radius 2 is 1.93 bits per heavy atom. The molecule has 2 aromatic rings. The summed E-state index contributed by atoms with van der Waals surface area (Å²) < 4.78 is 1.92. The standard InChI is InChI=1S/C12H13N2/c1-12(2,14-10-6-9-13-14)11-7-4-3-5-8-11/h3-5,7-10H,1-2H3. The Morgan fingerprint density at radius 1 is 1.21 bits per heavy atom. The third kappa shape index (κ3) is 1.43. The molecule has 2 rings (SSSR count). The van der Waals surface area contributed by atoms with E-state index in [9.17, 15) is 0 Å². The lowest BCUT2D eigenvalue weighted by atomic mass is 9.95. The molecule has 1 aromatic carbocycles. The van der Waals surface area contributed by atoms with Gasteiger partial charge in [0.1, 0.15) is 0 Å². The summed E-state index contributed by atoms with van der Waals surface area (Å²) in [6.07, 6.45) is 3.55. The number of hydrogen-bond donors (Lipinski definition) is 0. The summed E-state index contributed by atoms with van der Waals surface area (Å²) >= 11 is 0. The van der Waals surface area contributed by atoms with Crippen LogP contribution in [0.1, 0.15) is 19.4 Å². The zero-order valence-electron chi connectivity index (χ0n) is 8.44. The van der Waals surface area contributed by atoms with E-state index < -0.39 is 0 Å². The fraction of sp³-hybridized carbons (Fsp3) is 0.250. The van der Waals surface area contributed by atoms with Gasteiger partial charge < -0.3 is 0 Å². The molecule has 0 aliphatic heterocycles. The summed E-state index contributed by atoms with van der Waals surface area (Å²) in [5.41, 5.74) is 1.14. The van der Waals surface area contributed by atoms with Crippen LogP contribution in [0.3, 0.4) is 0 Å². The Kier molecular flexibility index (Phi) is 2.12. The van der Waals surface area contributed by atoms with E-state index in [2.05, 4.69) is 37.1 Å². The molecule has 2 heteroatoms. The van der Waals surface area contributed by atoms with Crippen molar-refractivity contribution in [2.24, 2.45) is 0 Å². The molecule has 0 amide bonds. The Bertz CT molecular complexity index is 388. The molecule has 0 spiro atoms. The first-order valence-electron chi connectivity index (χ1n) is 4.68. The number of rotatable bonds is 2. The molecular weight excluding hydrogens is 172 g/mol. The molecule has 0 unspecified atom stereocenters. The van der Waals surface area contributed by atoms with Gasteiger partial charge in [0.05, 0.1) is 11.7 Å². The molecule has 0 aliphatic carbocycles. The number of aromatic nitrogens is 2. The van der Waals surface area contributed by atoms with Gasteiger partial charge in [0, 0.05) is 12.3 Å². The zero-order chi connectivity index (χ0) is 10.0. The molecule has 1 heterocycles. The van der Waals surface area contributed by atoms with Crippen molar-refractivity contribution < 1.29 is 0 Å². The topological polar surface area (TPSA) is 17.8 Å². The summed E-state index contributed by atoms with van der Waals surface area (Å²) in [7, 11) is 0. The molecule has 0 saturated heterocycles. The van der Waals surface area contributed by atoms with Crippen LogP contribution in [0.5, 0.6) is 0 Å².